The summed E-state index contributed by atoms with van der Waals surface area (Å²) in [6.07, 6.45) is 1.09. The summed E-state index contributed by atoms with van der Waals surface area (Å²) in [6, 6.07) is 7.46. The van der Waals surface area contributed by atoms with Gasteiger partial charge < -0.3 is 20.5 Å². The number of hydrogen-bond donors (Lipinski definition) is 2. The molecule has 0 saturated heterocycles. The Labute approximate surface area is 114 Å². The molecule has 0 radical (unpaired) electrons. The van der Waals surface area contributed by atoms with E-state index >= 15 is 0 Å². The Bertz CT molecular complexity index is 394. The van der Waals surface area contributed by atoms with Crippen LogP contribution in [0, 0.1) is 0 Å². The fourth-order valence-corrected chi connectivity index (χ4v) is 1.52. The SMILES string of the molecule is COc1ccccc1OCCC(=O)NCCC(C)N. The largest absolute Gasteiger partial charge is 0.493 e. The number of carbonyl (C=O) groups is 1. The lowest BCUT2D eigenvalue weighted by molar-refractivity contribution is -0.121. The lowest BCUT2D eigenvalue weighted by Crippen LogP contribution is -2.29. The van der Waals surface area contributed by atoms with E-state index in [4.69, 9.17) is 15.2 Å². The van der Waals surface area contributed by atoms with Crippen molar-refractivity contribution in [2.75, 3.05) is 20.3 Å². The summed E-state index contributed by atoms with van der Waals surface area (Å²) in [5.41, 5.74) is 5.60. The van der Waals surface area contributed by atoms with Crippen LogP contribution in [0.3, 0.4) is 0 Å². The van der Waals surface area contributed by atoms with E-state index < -0.39 is 0 Å². The van der Waals surface area contributed by atoms with Crippen LogP contribution in [-0.4, -0.2) is 32.2 Å². The van der Waals surface area contributed by atoms with Crippen molar-refractivity contribution in [3.05, 3.63) is 24.3 Å². The van der Waals surface area contributed by atoms with E-state index in [0.29, 0.717) is 31.1 Å². The fraction of sp³-hybridized carbons (Fsp3) is 0.500. The quantitative estimate of drug-likeness (QED) is 0.744. The molecule has 3 N–H and O–H groups in total. The second-order valence-electron chi connectivity index (χ2n) is 4.37. The highest BCUT2D eigenvalue weighted by Gasteiger charge is 2.05. The van der Waals surface area contributed by atoms with E-state index in [-0.39, 0.29) is 11.9 Å². The van der Waals surface area contributed by atoms with Gasteiger partial charge in [-0.2, -0.15) is 0 Å². The Morgan fingerprint density at radius 2 is 2.05 bits per heavy atom. The molecule has 1 unspecified atom stereocenters. The zero-order chi connectivity index (χ0) is 14.1. The normalized spacial score (nSPS) is 11.7. The van der Waals surface area contributed by atoms with Gasteiger partial charge >= 0.3 is 0 Å². The monoisotopic (exact) mass is 266 g/mol. The van der Waals surface area contributed by atoms with Crippen LogP contribution in [0.4, 0.5) is 0 Å². The van der Waals surface area contributed by atoms with Gasteiger partial charge in [0, 0.05) is 12.6 Å². The molecule has 1 rings (SSSR count). The van der Waals surface area contributed by atoms with Crippen molar-refractivity contribution >= 4 is 5.91 Å². The predicted molar refractivity (Wildman–Crippen MR) is 74.4 cm³/mol. The molecule has 0 aliphatic carbocycles. The van der Waals surface area contributed by atoms with Crippen LogP contribution in [-0.2, 0) is 4.79 Å². The number of benzene rings is 1. The number of amides is 1. The number of rotatable bonds is 8. The molecule has 106 valence electrons. The molecule has 1 amide bonds. The topological polar surface area (TPSA) is 73.6 Å². The van der Waals surface area contributed by atoms with Crippen LogP contribution in [0.2, 0.25) is 0 Å². The lowest BCUT2D eigenvalue weighted by atomic mass is 10.2. The van der Waals surface area contributed by atoms with Gasteiger partial charge in [-0.25, -0.2) is 0 Å². The number of nitrogens with two attached hydrogens (primary N) is 1. The third kappa shape index (κ3) is 6.10. The minimum Gasteiger partial charge on any atom is -0.493 e. The Kier molecular flexibility index (Phi) is 6.74. The van der Waals surface area contributed by atoms with Gasteiger partial charge in [0.05, 0.1) is 20.1 Å². The van der Waals surface area contributed by atoms with E-state index in [9.17, 15) is 4.79 Å². The molecule has 0 fully saturated rings. The van der Waals surface area contributed by atoms with Crippen LogP contribution < -0.4 is 20.5 Å². The van der Waals surface area contributed by atoms with Crippen LogP contribution in [0.1, 0.15) is 19.8 Å². The van der Waals surface area contributed by atoms with Crippen LogP contribution in [0.25, 0.3) is 0 Å². The summed E-state index contributed by atoms with van der Waals surface area (Å²) in [7, 11) is 1.59. The van der Waals surface area contributed by atoms with E-state index in [0.717, 1.165) is 6.42 Å². The Hall–Kier alpha value is -1.75. The average Bonchev–Trinajstić information content (AvgIpc) is 2.39. The summed E-state index contributed by atoms with van der Waals surface area (Å²) in [5.74, 6) is 1.28. The van der Waals surface area contributed by atoms with Gasteiger partial charge in [0.25, 0.3) is 0 Å². The van der Waals surface area contributed by atoms with E-state index in [2.05, 4.69) is 5.32 Å². The molecule has 0 saturated carbocycles. The fourth-order valence-electron chi connectivity index (χ4n) is 1.52. The standard InChI is InChI=1S/C14H22N2O3/c1-11(15)7-9-16-14(17)8-10-19-13-6-4-3-5-12(13)18-2/h3-6,11H,7-10,15H2,1-2H3,(H,16,17). The Morgan fingerprint density at radius 1 is 1.37 bits per heavy atom. The van der Waals surface area contributed by atoms with Crippen molar-refractivity contribution < 1.29 is 14.3 Å². The predicted octanol–water partition coefficient (Wildman–Crippen LogP) is 1.32. The van der Waals surface area contributed by atoms with E-state index in [1.54, 1.807) is 7.11 Å². The van der Waals surface area contributed by atoms with Gasteiger partial charge in [-0.1, -0.05) is 12.1 Å². The second-order valence-corrected chi connectivity index (χ2v) is 4.37. The van der Waals surface area contributed by atoms with Gasteiger partial charge in [0.1, 0.15) is 0 Å². The molecule has 0 aromatic heterocycles. The summed E-state index contributed by atoms with van der Waals surface area (Å²) in [6.45, 7) is 2.84. The van der Waals surface area contributed by atoms with Gasteiger partial charge in [-0.05, 0) is 25.5 Å². The van der Waals surface area contributed by atoms with E-state index in [1.165, 1.54) is 0 Å². The first kappa shape index (κ1) is 15.3. The Morgan fingerprint density at radius 3 is 2.68 bits per heavy atom. The first-order valence-electron chi connectivity index (χ1n) is 6.41. The number of carbonyl (C=O) groups excluding carboxylic acids is 1. The summed E-state index contributed by atoms with van der Waals surface area (Å²) < 4.78 is 10.7. The molecule has 1 aromatic carbocycles. The van der Waals surface area contributed by atoms with Crippen molar-refractivity contribution in [3.63, 3.8) is 0 Å². The summed E-state index contributed by atoms with van der Waals surface area (Å²) >= 11 is 0. The van der Waals surface area contributed by atoms with Crippen molar-refractivity contribution in [1.82, 2.24) is 5.32 Å². The van der Waals surface area contributed by atoms with E-state index in [1.807, 2.05) is 31.2 Å². The second kappa shape index (κ2) is 8.37. The molecular weight excluding hydrogens is 244 g/mol. The highest BCUT2D eigenvalue weighted by atomic mass is 16.5. The van der Waals surface area contributed by atoms with Crippen LogP contribution in [0.5, 0.6) is 11.5 Å². The van der Waals surface area contributed by atoms with Gasteiger partial charge in [0.2, 0.25) is 5.91 Å². The van der Waals surface area contributed by atoms with Crippen molar-refractivity contribution in [2.45, 2.75) is 25.8 Å². The minimum absolute atomic E-state index is 0.0319. The molecule has 0 bridgehead atoms. The summed E-state index contributed by atoms with van der Waals surface area (Å²) in [4.78, 5) is 11.5. The molecule has 0 aliphatic rings. The molecule has 19 heavy (non-hydrogen) atoms. The number of methoxy groups -OCH3 is 1. The van der Waals surface area contributed by atoms with Crippen molar-refractivity contribution in [3.8, 4) is 11.5 Å². The number of nitrogens with one attached hydrogen (secondary N) is 1. The zero-order valence-corrected chi connectivity index (χ0v) is 11.5. The molecule has 0 heterocycles. The maximum absolute atomic E-state index is 11.5. The van der Waals surface area contributed by atoms with Gasteiger partial charge in [-0.15, -0.1) is 0 Å². The highest BCUT2D eigenvalue weighted by molar-refractivity contribution is 5.75. The van der Waals surface area contributed by atoms with Crippen LogP contribution in [0.15, 0.2) is 24.3 Å². The minimum atomic E-state index is -0.0319. The maximum atomic E-state index is 11.5. The maximum Gasteiger partial charge on any atom is 0.223 e. The van der Waals surface area contributed by atoms with Crippen LogP contribution >= 0.6 is 0 Å². The first-order valence-corrected chi connectivity index (χ1v) is 6.41. The van der Waals surface area contributed by atoms with Crippen molar-refractivity contribution in [2.24, 2.45) is 5.73 Å². The van der Waals surface area contributed by atoms with Crippen molar-refractivity contribution in [1.29, 1.82) is 0 Å². The molecular formula is C14H22N2O3. The number of para-hydroxylation sites is 2. The molecule has 5 nitrogen and oxygen atoms in total. The molecule has 5 heteroatoms. The third-order valence-corrected chi connectivity index (χ3v) is 2.58. The zero-order valence-electron chi connectivity index (χ0n) is 11.5. The number of hydrogen-bond acceptors (Lipinski definition) is 4. The highest BCUT2D eigenvalue weighted by Crippen LogP contribution is 2.25. The number of ether oxygens (including phenoxy) is 2. The molecule has 1 aromatic rings. The first-order chi connectivity index (χ1) is 9.13. The lowest BCUT2D eigenvalue weighted by Gasteiger charge is -2.10. The smallest absolute Gasteiger partial charge is 0.223 e. The Balaban J connectivity index is 2.24. The molecule has 1 atom stereocenters. The molecule has 0 aliphatic heterocycles. The third-order valence-electron chi connectivity index (χ3n) is 2.58. The molecule has 0 spiro atoms. The van der Waals surface area contributed by atoms with Gasteiger partial charge in [-0.3, -0.25) is 4.79 Å². The summed E-state index contributed by atoms with van der Waals surface area (Å²) in [5, 5.41) is 2.80. The average molecular weight is 266 g/mol. The van der Waals surface area contributed by atoms with Gasteiger partial charge in [0.15, 0.2) is 11.5 Å².